The second-order valence-corrected chi connectivity index (χ2v) is 17.2. The van der Waals surface area contributed by atoms with E-state index in [0.717, 1.165) is 72.7 Å². The first-order valence-electron chi connectivity index (χ1n) is 21.7. The second kappa shape index (κ2) is 14.3. The third-order valence-electron chi connectivity index (χ3n) is 13.1. The van der Waals surface area contributed by atoms with Gasteiger partial charge in [-0.25, -0.2) is 9.97 Å². The van der Waals surface area contributed by atoms with Gasteiger partial charge in [0.1, 0.15) is 11.6 Å². The van der Waals surface area contributed by atoms with E-state index < -0.39 is 0 Å². The maximum absolute atomic E-state index is 5.61. The van der Waals surface area contributed by atoms with E-state index >= 15 is 0 Å². The SMILES string of the molecule is Cc1ccnc(-n2c3cc(-c4cccc5c4nc(-c4cccc6c4[nH]c4ccccc46)n5-c4ccccc4)ccc3c3cc(-c4ccccc4)c(C(C)(C)c4ccccc4)cc32)c1. The van der Waals surface area contributed by atoms with Crippen LogP contribution in [-0.4, -0.2) is 24.1 Å². The fraction of sp³-hybridized carbons (Fsp3) is 0.0690. The van der Waals surface area contributed by atoms with Crippen molar-refractivity contribution in [2.45, 2.75) is 26.2 Å². The van der Waals surface area contributed by atoms with E-state index in [1.807, 2.05) is 6.20 Å². The van der Waals surface area contributed by atoms with Crippen LogP contribution in [0.4, 0.5) is 0 Å². The molecule has 5 nitrogen and oxygen atoms in total. The summed E-state index contributed by atoms with van der Waals surface area (Å²) >= 11 is 0. The van der Waals surface area contributed by atoms with Crippen LogP contribution in [0.3, 0.4) is 0 Å². The summed E-state index contributed by atoms with van der Waals surface area (Å²) in [6, 6.07) is 69.9. The highest BCUT2D eigenvalue weighted by molar-refractivity contribution is 6.14. The number of H-pyrrole nitrogens is 1. The monoisotopic (exact) mass is 809 g/mol. The molecule has 8 aromatic carbocycles. The normalized spacial score (nSPS) is 12.0. The number of aryl methyl sites for hydroxylation is 1. The Bertz CT molecular complexity index is 3700. The minimum atomic E-state index is -0.296. The quantitative estimate of drug-likeness (QED) is 0.174. The van der Waals surface area contributed by atoms with Crippen molar-refractivity contribution in [2.24, 2.45) is 0 Å². The molecule has 0 fully saturated rings. The van der Waals surface area contributed by atoms with E-state index in [9.17, 15) is 0 Å². The number of benzene rings is 8. The number of rotatable bonds is 7. The molecule has 5 heteroatoms. The number of para-hydroxylation sites is 4. The molecule has 4 aromatic heterocycles. The molecule has 0 atom stereocenters. The first kappa shape index (κ1) is 36.8. The van der Waals surface area contributed by atoms with Crippen molar-refractivity contribution < 1.29 is 0 Å². The number of nitrogens with one attached hydrogen (secondary N) is 1. The summed E-state index contributed by atoms with van der Waals surface area (Å²) in [4.78, 5) is 14.4. The lowest BCUT2D eigenvalue weighted by Crippen LogP contribution is -2.20. The summed E-state index contributed by atoms with van der Waals surface area (Å²) in [5, 5.41) is 4.75. The Kier molecular flexibility index (Phi) is 8.35. The van der Waals surface area contributed by atoms with Gasteiger partial charge in [0.05, 0.1) is 27.6 Å². The van der Waals surface area contributed by atoms with Gasteiger partial charge in [-0.15, -0.1) is 0 Å². The van der Waals surface area contributed by atoms with Crippen LogP contribution in [-0.2, 0) is 5.41 Å². The third kappa shape index (κ3) is 5.84. The van der Waals surface area contributed by atoms with Crippen LogP contribution in [0.1, 0.15) is 30.5 Å². The fourth-order valence-electron chi connectivity index (χ4n) is 9.91. The Morgan fingerprint density at radius 3 is 2.00 bits per heavy atom. The Labute approximate surface area is 365 Å². The van der Waals surface area contributed by atoms with E-state index in [0.29, 0.717) is 0 Å². The van der Waals surface area contributed by atoms with E-state index in [2.05, 4.69) is 229 Å². The van der Waals surface area contributed by atoms with Gasteiger partial charge in [-0.3, -0.25) is 9.13 Å². The fourth-order valence-corrected chi connectivity index (χ4v) is 9.91. The molecule has 0 aliphatic heterocycles. The zero-order chi connectivity index (χ0) is 42.2. The van der Waals surface area contributed by atoms with Crippen LogP contribution in [0.2, 0.25) is 0 Å². The number of pyridine rings is 1. The minimum Gasteiger partial charge on any atom is -0.354 e. The number of aromatic amines is 1. The summed E-state index contributed by atoms with van der Waals surface area (Å²) < 4.78 is 4.68. The predicted octanol–water partition coefficient (Wildman–Crippen LogP) is 14.8. The van der Waals surface area contributed by atoms with Crippen LogP contribution >= 0.6 is 0 Å². The van der Waals surface area contributed by atoms with Gasteiger partial charge in [-0.05, 0) is 101 Å². The van der Waals surface area contributed by atoms with Crippen molar-refractivity contribution in [3.63, 3.8) is 0 Å². The summed E-state index contributed by atoms with van der Waals surface area (Å²) in [6.45, 7) is 6.82. The minimum absolute atomic E-state index is 0.296. The molecule has 0 amide bonds. The molecule has 0 spiro atoms. The smallest absolute Gasteiger partial charge is 0.147 e. The lowest BCUT2D eigenvalue weighted by atomic mass is 9.74. The molecule has 0 radical (unpaired) electrons. The maximum Gasteiger partial charge on any atom is 0.147 e. The van der Waals surface area contributed by atoms with Crippen LogP contribution < -0.4 is 0 Å². The van der Waals surface area contributed by atoms with Crippen molar-refractivity contribution in [2.75, 3.05) is 0 Å². The lowest BCUT2D eigenvalue weighted by Gasteiger charge is -2.29. The number of fused-ring (bicyclic) bond motifs is 7. The van der Waals surface area contributed by atoms with Gasteiger partial charge in [0, 0.05) is 55.5 Å². The highest BCUT2D eigenvalue weighted by Gasteiger charge is 2.29. The van der Waals surface area contributed by atoms with Crippen LogP contribution in [0.25, 0.3) is 99.8 Å². The largest absolute Gasteiger partial charge is 0.354 e. The molecule has 12 aromatic rings. The van der Waals surface area contributed by atoms with Gasteiger partial charge in [0.25, 0.3) is 0 Å². The Morgan fingerprint density at radius 1 is 0.492 bits per heavy atom. The van der Waals surface area contributed by atoms with Gasteiger partial charge in [-0.2, -0.15) is 0 Å². The average molecular weight is 810 g/mol. The van der Waals surface area contributed by atoms with Crippen molar-refractivity contribution in [3.05, 3.63) is 217 Å². The molecule has 1 N–H and O–H groups in total. The molecule has 12 rings (SSSR count). The van der Waals surface area contributed by atoms with Crippen LogP contribution in [0.5, 0.6) is 0 Å². The maximum atomic E-state index is 5.61. The van der Waals surface area contributed by atoms with Crippen molar-refractivity contribution >= 4 is 54.6 Å². The summed E-state index contributed by atoms with van der Waals surface area (Å²) in [7, 11) is 0. The molecule has 4 heterocycles. The summed E-state index contributed by atoms with van der Waals surface area (Å²) in [6.07, 6.45) is 1.92. The molecular formula is C58H43N5. The summed E-state index contributed by atoms with van der Waals surface area (Å²) in [5.41, 5.74) is 16.5. The Morgan fingerprint density at radius 2 is 1.19 bits per heavy atom. The first-order chi connectivity index (χ1) is 30.9. The van der Waals surface area contributed by atoms with Gasteiger partial charge in [0.2, 0.25) is 0 Å². The highest BCUT2D eigenvalue weighted by Crippen LogP contribution is 2.45. The second-order valence-electron chi connectivity index (χ2n) is 17.2. The average Bonchev–Trinajstić information content (AvgIpc) is 4.01. The van der Waals surface area contributed by atoms with E-state index in [4.69, 9.17) is 9.97 Å². The number of imidazole rings is 1. The van der Waals surface area contributed by atoms with Crippen molar-refractivity contribution in [1.82, 2.24) is 24.1 Å². The molecule has 0 aliphatic rings. The molecule has 0 bridgehead atoms. The van der Waals surface area contributed by atoms with E-state index in [-0.39, 0.29) is 5.41 Å². The number of hydrogen-bond acceptors (Lipinski definition) is 2. The third-order valence-corrected chi connectivity index (χ3v) is 13.1. The molecular weight excluding hydrogens is 767 g/mol. The van der Waals surface area contributed by atoms with Gasteiger partial charge in [0.15, 0.2) is 0 Å². The first-order valence-corrected chi connectivity index (χ1v) is 21.7. The highest BCUT2D eigenvalue weighted by atomic mass is 15.1. The van der Waals surface area contributed by atoms with E-state index in [1.54, 1.807) is 0 Å². The zero-order valence-corrected chi connectivity index (χ0v) is 35.3. The predicted molar refractivity (Wildman–Crippen MR) is 262 cm³/mol. The molecule has 0 aliphatic carbocycles. The standard InChI is InChI=1S/C58H43N5/c1-37-31-32-59-54(33-37)63-52-34-39(29-30-44(52)48-35-47(38-17-7-4-8-18-38)49(36-53(48)63)58(2,3)40-19-9-5-10-20-40)42-24-16-28-51-56(42)61-57(62(51)41-21-11-6-12-22-41)46-26-15-25-45-43-23-13-14-27-50(43)60-55(45)46/h4-36,60H,1-3H3. The summed E-state index contributed by atoms with van der Waals surface area (Å²) in [5.74, 6) is 1.78. The molecule has 63 heavy (non-hydrogen) atoms. The van der Waals surface area contributed by atoms with Crippen molar-refractivity contribution in [1.29, 1.82) is 0 Å². The topological polar surface area (TPSA) is 51.4 Å². The lowest BCUT2D eigenvalue weighted by molar-refractivity contribution is 0.643. The van der Waals surface area contributed by atoms with Gasteiger partial charge >= 0.3 is 0 Å². The number of nitrogens with zero attached hydrogens (tertiary/aromatic N) is 4. The molecule has 0 unspecified atom stereocenters. The Balaban J connectivity index is 1.13. The molecule has 0 saturated heterocycles. The van der Waals surface area contributed by atoms with Gasteiger partial charge < -0.3 is 4.98 Å². The number of hydrogen-bond donors (Lipinski definition) is 1. The Hall–Kier alpha value is -8.02. The molecule has 300 valence electrons. The zero-order valence-electron chi connectivity index (χ0n) is 35.3. The van der Waals surface area contributed by atoms with Crippen molar-refractivity contribution in [3.8, 4) is 45.1 Å². The van der Waals surface area contributed by atoms with Crippen LogP contribution in [0, 0.1) is 6.92 Å². The van der Waals surface area contributed by atoms with E-state index in [1.165, 1.54) is 43.8 Å². The van der Waals surface area contributed by atoms with Crippen LogP contribution in [0.15, 0.2) is 200 Å². The molecule has 0 saturated carbocycles. The van der Waals surface area contributed by atoms with Gasteiger partial charge in [-0.1, -0.05) is 147 Å². The number of aromatic nitrogens is 5.